The fraction of sp³-hybridized carbons (Fsp3) is 0. The zero-order chi connectivity index (χ0) is 4.12. The molecule has 0 aliphatic heterocycles. The van der Waals surface area contributed by atoms with Gasteiger partial charge in [-0.05, 0) is 0 Å². The molecule has 0 unspecified atom stereocenters. The van der Waals surface area contributed by atoms with Crippen LogP contribution in [0.3, 0.4) is 0 Å². The normalized spacial score (nSPS) is 9.00. The molecule has 5 heteroatoms. The molecule has 0 radical (unpaired) electrons. The second-order valence-electron chi connectivity index (χ2n) is 0.295. The standard InChI is InChI=1S/BINOP/c2-1-3-5-4. The van der Waals surface area contributed by atoms with Crippen molar-refractivity contribution in [2.75, 3.05) is 0 Å². The molecule has 0 saturated carbocycles. The molecule has 0 amide bonds. The predicted molar refractivity (Wildman–Crippen MR) is 29.8 cm³/mol. The average molecular weight is 199 g/mol. The second-order valence-corrected chi connectivity index (χ2v) is 1.25. The minimum absolute atomic E-state index is 0.158. The molecule has 0 fully saturated rings. The zero-order valence-corrected chi connectivity index (χ0v) is 5.31. The van der Waals surface area contributed by atoms with E-state index in [0.717, 1.165) is 0 Å². The van der Waals surface area contributed by atoms with E-state index in [4.69, 9.17) is 0 Å². The summed E-state index contributed by atoms with van der Waals surface area (Å²) < 4.78 is 12.5. The van der Waals surface area contributed by atoms with Crippen LogP contribution in [-0.4, -0.2) is 4.93 Å². The van der Waals surface area contributed by atoms with E-state index in [9.17, 15) is 4.57 Å². The van der Waals surface area contributed by atoms with Crippen LogP contribution in [-0.2, 0) is 4.57 Å². The van der Waals surface area contributed by atoms with Crippen LogP contribution in [0.4, 0.5) is 0 Å². The first-order valence-corrected chi connectivity index (χ1v) is 2.87. The van der Waals surface area contributed by atoms with Gasteiger partial charge < -0.3 is 0 Å². The summed E-state index contributed by atoms with van der Waals surface area (Å²) in [6.45, 7) is 0. The predicted octanol–water partition coefficient (Wildman–Crippen LogP) is 1.43. The Kier molecular flexibility index (Phi) is 5.35. The maximum atomic E-state index is 9.30. The third-order valence-corrected chi connectivity index (χ3v) is 1.02. The van der Waals surface area contributed by atoms with Crippen LogP contribution in [0.2, 0.25) is 0 Å². The Labute approximate surface area is 45.4 Å². The molecule has 0 atom stereocenters. The van der Waals surface area contributed by atoms with E-state index >= 15 is 0 Å². The van der Waals surface area contributed by atoms with E-state index in [-0.39, 0.29) is 8.61 Å². The summed E-state index contributed by atoms with van der Waals surface area (Å²) in [6.07, 6.45) is 0. The van der Waals surface area contributed by atoms with E-state index in [2.05, 4.69) is 4.67 Å². The van der Waals surface area contributed by atoms with Gasteiger partial charge in [0.15, 0.2) is 0 Å². The Hall–Kier alpha value is 0.695. The Morgan fingerprint density at radius 3 is 2.60 bits per heavy atom. The Balaban J connectivity index is 2.92. The van der Waals surface area contributed by atoms with Crippen LogP contribution >= 0.6 is 31.0 Å². The molecule has 5 heavy (non-hydrogen) atoms. The third kappa shape index (κ3) is 4.69. The molecular formula is BINOP. The summed E-state index contributed by atoms with van der Waals surface area (Å²) >= 11 is 1.89. The van der Waals surface area contributed by atoms with Crippen molar-refractivity contribution < 1.29 is 4.57 Å². The van der Waals surface area contributed by atoms with E-state index < -0.39 is 0 Å². The summed E-state index contributed by atoms with van der Waals surface area (Å²) in [5.41, 5.74) is 0. The first kappa shape index (κ1) is 5.69. The van der Waals surface area contributed by atoms with Gasteiger partial charge in [0.05, 0.1) is 0 Å². The van der Waals surface area contributed by atoms with Crippen LogP contribution in [0.25, 0.3) is 0 Å². The van der Waals surface area contributed by atoms with Gasteiger partial charge in [-0.2, -0.15) is 0 Å². The SMILES string of the molecule is O=PN=BI. The molecular weight excluding hydrogens is 199 g/mol. The average Bonchev–Trinajstić information content (AvgIpc) is 1.41. The fourth-order valence-electron chi connectivity index (χ4n) is 0.0178. The quantitative estimate of drug-likeness (QED) is 0.356. The second kappa shape index (κ2) is 4.69. The molecule has 0 spiro atoms. The van der Waals surface area contributed by atoms with Crippen LogP contribution < -0.4 is 0 Å². The van der Waals surface area contributed by atoms with Crippen molar-refractivity contribution in [3.63, 3.8) is 0 Å². The van der Waals surface area contributed by atoms with E-state index in [0.29, 0.717) is 0 Å². The summed E-state index contributed by atoms with van der Waals surface area (Å²) in [4.78, 5) is 1.45. The van der Waals surface area contributed by atoms with Crippen molar-refractivity contribution in [1.29, 1.82) is 0 Å². The molecule has 0 heterocycles. The molecule has 26 valence electrons. The number of halogens is 1. The van der Waals surface area contributed by atoms with Gasteiger partial charge in [0.2, 0.25) is 0 Å². The summed E-state index contributed by atoms with van der Waals surface area (Å²) in [5.74, 6) is 0. The third-order valence-electron chi connectivity index (χ3n) is 0.0908. The maximum absolute atomic E-state index is 9.30. The Morgan fingerprint density at radius 2 is 2.60 bits per heavy atom. The van der Waals surface area contributed by atoms with Crippen LogP contribution in [0.5, 0.6) is 0 Å². The Bertz CT molecular complexity index is 53.6. The first-order chi connectivity index (χ1) is 2.41. The van der Waals surface area contributed by atoms with Gasteiger partial charge in [-0.1, -0.05) is 0 Å². The molecule has 0 aromatic carbocycles. The number of hydrogen-bond donors (Lipinski definition) is 0. The first-order valence-electron chi connectivity index (χ1n) is 0.859. The summed E-state index contributed by atoms with van der Waals surface area (Å²) in [5, 5.41) is 0. The molecule has 0 bridgehead atoms. The zero-order valence-electron chi connectivity index (χ0n) is 2.26. The fourth-order valence-corrected chi connectivity index (χ4v) is 0.359. The van der Waals surface area contributed by atoms with Gasteiger partial charge in [-0.15, -0.1) is 0 Å². The van der Waals surface area contributed by atoms with E-state index in [1.165, 1.54) is 4.93 Å². The van der Waals surface area contributed by atoms with Gasteiger partial charge in [0.1, 0.15) is 0 Å². The Morgan fingerprint density at radius 1 is 2.00 bits per heavy atom. The number of nitrogens with zero attached hydrogens (tertiary/aromatic N) is 1. The molecule has 2 nitrogen and oxygen atoms in total. The summed E-state index contributed by atoms with van der Waals surface area (Å²) in [7, 11) is -0.158. The van der Waals surface area contributed by atoms with Crippen molar-refractivity contribution in [3.8, 4) is 0 Å². The molecule has 0 rings (SSSR count). The van der Waals surface area contributed by atoms with Crippen LogP contribution in [0.1, 0.15) is 0 Å². The molecule has 0 aliphatic carbocycles. The van der Waals surface area contributed by atoms with Crippen molar-refractivity contribution in [1.82, 2.24) is 0 Å². The van der Waals surface area contributed by atoms with Gasteiger partial charge in [-0.25, -0.2) is 0 Å². The number of rotatable bonds is 1. The summed E-state index contributed by atoms with van der Waals surface area (Å²) in [6, 6.07) is 0. The molecule has 0 saturated heterocycles. The minimum atomic E-state index is -0.158. The van der Waals surface area contributed by atoms with Crippen molar-refractivity contribution in [2.45, 2.75) is 0 Å². The van der Waals surface area contributed by atoms with Crippen molar-refractivity contribution >= 4 is 35.9 Å². The molecule has 0 aromatic rings. The number of hydrogen-bond acceptors (Lipinski definition) is 1. The molecule has 0 aliphatic rings. The van der Waals surface area contributed by atoms with Crippen LogP contribution in [0, 0.1) is 0 Å². The van der Waals surface area contributed by atoms with Gasteiger partial charge in [0.25, 0.3) is 0 Å². The van der Waals surface area contributed by atoms with E-state index in [1.54, 1.807) is 0 Å². The monoisotopic (exact) mass is 199 g/mol. The van der Waals surface area contributed by atoms with E-state index in [1.807, 2.05) is 22.4 Å². The van der Waals surface area contributed by atoms with Gasteiger partial charge >= 0.3 is 45.1 Å². The van der Waals surface area contributed by atoms with Crippen molar-refractivity contribution in [3.05, 3.63) is 0 Å². The topological polar surface area (TPSA) is 29.4 Å². The molecule has 0 N–H and O–H groups in total. The van der Waals surface area contributed by atoms with Gasteiger partial charge in [0, 0.05) is 0 Å². The van der Waals surface area contributed by atoms with Crippen molar-refractivity contribution in [2.24, 2.45) is 4.67 Å². The van der Waals surface area contributed by atoms with Crippen LogP contribution in [0.15, 0.2) is 4.67 Å². The molecule has 0 aromatic heterocycles. The van der Waals surface area contributed by atoms with Gasteiger partial charge in [-0.3, -0.25) is 0 Å².